The highest BCUT2D eigenvalue weighted by Crippen LogP contribution is 2.40. The number of hydrogen-bond donors (Lipinski definition) is 0. The van der Waals surface area contributed by atoms with Crippen LogP contribution in [0.25, 0.3) is 0 Å². The SMILES string of the molecule is CCN(C(=O)Cc1ccc(OC)c(OC)c1OC)c1ccc(F)cc1. The molecule has 6 heteroatoms. The highest BCUT2D eigenvalue weighted by Gasteiger charge is 2.21. The number of likely N-dealkylation sites (N-methyl/N-ethyl adjacent to an activating group) is 1. The van der Waals surface area contributed by atoms with E-state index >= 15 is 0 Å². The van der Waals surface area contributed by atoms with Crippen LogP contribution in [0.3, 0.4) is 0 Å². The highest BCUT2D eigenvalue weighted by molar-refractivity contribution is 5.95. The van der Waals surface area contributed by atoms with Gasteiger partial charge in [0.05, 0.1) is 27.8 Å². The summed E-state index contributed by atoms with van der Waals surface area (Å²) in [6.45, 7) is 2.34. The normalized spacial score (nSPS) is 10.3. The van der Waals surface area contributed by atoms with Gasteiger partial charge in [-0.05, 0) is 37.3 Å². The average Bonchev–Trinajstić information content (AvgIpc) is 2.63. The van der Waals surface area contributed by atoms with Crippen molar-refractivity contribution in [2.75, 3.05) is 32.8 Å². The predicted octanol–water partition coefficient (Wildman–Crippen LogP) is 3.45. The highest BCUT2D eigenvalue weighted by atomic mass is 19.1. The van der Waals surface area contributed by atoms with Crippen molar-refractivity contribution in [3.63, 3.8) is 0 Å². The first-order valence-corrected chi connectivity index (χ1v) is 7.89. The molecule has 0 aliphatic heterocycles. The van der Waals surface area contributed by atoms with Gasteiger partial charge in [-0.3, -0.25) is 4.79 Å². The van der Waals surface area contributed by atoms with Crippen LogP contribution < -0.4 is 19.1 Å². The standard InChI is InChI=1S/C19H22FNO4/c1-5-21(15-9-7-14(20)8-10-15)17(22)12-13-6-11-16(23-2)19(25-4)18(13)24-3/h6-11H,5,12H2,1-4H3. The minimum absolute atomic E-state index is 0.120. The summed E-state index contributed by atoms with van der Waals surface area (Å²) in [7, 11) is 4.57. The van der Waals surface area contributed by atoms with E-state index in [2.05, 4.69) is 0 Å². The first-order chi connectivity index (χ1) is 12.0. The van der Waals surface area contributed by atoms with Gasteiger partial charge in [0.15, 0.2) is 11.5 Å². The lowest BCUT2D eigenvalue weighted by molar-refractivity contribution is -0.118. The van der Waals surface area contributed by atoms with Crippen LogP contribution in [0.4, 0.5) is 10.1 Å². The monoisotopic (exact) mass is 347 g/mol. The zero-order valence-corrected chi connectivity index (χ0v) is 14.8. The molecule has 0 spiro atoms. The smallest absolute Gasteiger partial charge is 0.231 e. The molecule has 0 N–H and O–H groups in total. The van der Waals surface area contributed by atoms with Gasteiger partial charge < -0.3 is 19.1 Å². The van der Waals surface area contributed by atoms with Crippen LogP contribution >= 0.6 is 0 Å². The number of amides is 1. The fraction of sp³-hybridized carbons (Fsp3) is 0.316. The lowest BCUT2D eigenvalue weighted by Gasteiger charge is -2.22. The number of carbonyl (C=O) groups excluding carboxylic acids is 1. The second-order valence-corrected chi connectivity index (χ2v) is 5.28. The Bertz CT molecular complexity index is 731. The Kier molecular flexibility index (Phi) is 6.22. The van der Waals surface area contributed by atoms with Crippen molar-refractivity contribution < 1.29 is 23.4 Å². The van der Waals surface area contributed by atoms with Gasteiger partial charge in [0.1, 0.15) is 5.82 Å². The van der Waals surface area contributed by atoms with E-state index in [4.69, 9.17) is 14.2 Å². The van der Waals surface area contributed by atoms with Gasteiger partial charge in [-0.15, -0.1) is 0 Å². The molecule has 0 aliphatic rings. The molecule has 0 bridgehead atoms. The van der Waals surface area contributed by atoms with Gasteiger partial charge in [0.2, 0.25) is 11.7 Å². The molecule has 5 nitrogen and oxygen atoms in total. The fourth-order valence-electron chi connectivity index (χ4n) is 2.68. The lowest BCUT2D eigenvalue weighted by Crippen LogP contribution is -2.32. The Morgan fingerprint density at radius 3 is 2.12 bits per heavy atom. The molecule has 134 valence electrons. The molecule has 0 atom stereocenters. The number of benzene rings is 2. The Hall–Kier alpha value is -2.76. The Labute approximate surface area is 146 Å². The largest absolute Gasteiger partial charge is 0.493 e. The number of carbonyl (C=O) groups is 1. The van der Waals surface area contributed by atoms with Gasteiger partial charge in [-0.25, -0.2) is 4.39 Å². The Balaban J connectivity index is 2.31. The molecule has 0 radical (unpaired) electrons. The molecule has 25 heavy (non-hydrogen) atoms. The van der Waals surface area contributed by atoms with E-state index in [1.54, 1.807) is 29.2 Å². The summed E-state index contributed by atoms with van der Waals surface area (Å²) in [5.41, 5.74) is 1.33. The summed E-state index contributed by atoms with van der Waals surface area (Å²) in [5.74, 6) is 0.973. The molecule has 0 heterocycles. The molecule has 0 aliphatic carbocycles. The van der Waals surface area contributed by atoms with Crippen molar-refractivity contribution in [2.24, 2.45) is 0 Å². The van der Waals surface area contributed by atoms with Crippen molar-refractivity contribution in [1.29, 1.82) is 0 Å². The fourth-order valence-corrected chi connectivity index (χ4v) is 2.68. The number of hydrogen-bond acceptors (Lipinski definition) is 4. The third-order valence-electron chi connectivity index (χ3n) is 3.88. The molecule has 0 unspecified atom stereocenters. The minimum Gasteiger partial charge on any atom is -0.493 e. The van der Waals surface area contributed by atoms with Crippen LogP contribution in [0, 0.1) is 5.82 Å². The first kappa shape index (κ1) is 18.6. The molecule has 2 aromatic carbocycles. The van der Waals surface area contributed by atoms with Gasteiger partial charge in [0, 0.05) is 17.8 Å². The summed E-state index contributed by atoms with van der Waals surface area (Å²) in [5, 5.41) is 0. The average molecular weight is 347 g/mol. The Morgan fingerprint density at radius 2 is 1.60 bits per heavy atom. The van der Waals surface area contributed by atoms with Crippen LogP contribution in [-0.4, -0.2) is 33.8 Å². The van der Waals surface area contributed by atoms with E-state index in [0.717, 1.165) is 0 Å². The molecule has 0 fully saturated rings. The molecule has 2 aromatic rings. The third-order valence-corrected chi connectivity index (χ3v) is 3.88. The van der Waals surface area contributed by atoms with Gasteiger partial charge >= 0.3 is 0 Å². The van der Waals surface area contributed by atoms with Crippen LogP contribution in [-0.2, 0) is 11.2 Å². The van der Waals surface area contributed by atoms with Crippen molar-refractivity contribution in [3.05, 3.63) is 47.8 Å². The van der Waals surface area contributed by atoms with E-state index in [9.17, 15) is 9.18 Å². The molecule has 0 saturated heterocycles. The first-order valence-electron chi connectivity index (χ1n) is 7.89. The quantitative estimate of drug-likeness (QED) is 0.770. The maximum atomic E-state index is 13.1. The number of rotatable bonds is 7. The second kappa shape index (κ2) is 8.37. The maximum Gasteiger partial charge on any atom is 0.231 e. The lowest BCUT2D eigenvalue weighted by atomic mass is 10.1. The van der Waals surface area contributed by atoms with Crippen LogP contribution in [0.1, 0.15) is 12.5 Å². The number of anilines is 1. The summed E-state index contributed by atoms with van der Waals surface area (Å²) >= 11 is 0. The van der Waals surface area contributed by atoms with Gasteiger partial charge in [-0.1, -0.05) is 6.07 Å². The van der Waals surface area contributed by atoms with Gasteiger partial charge in [-0.2, -0.15) is 0 Å². The number of halogens is 1. The van der Waals surface area contributed by atoms with Crippen molar-refractivity contribution in [2.45, 2.75) is 13.3 Å². The van der Waals surface area contributed by atoms with Gasteiger partial charge in [0.25, 0.3) is 0 Å². The Morgan fingerprint density at radius 1 is 0.960 bits per heavy atom. The number of methoxy groups -OCH3 is 3. The summed E-state index contributed by atoms with van der Waals surface area (Å²) in [4.78, 5) is 14.3. The zero-order chi connectivity index (χ0) is 18.4. The van der Waals surface area contributed by atoms with E-state index in [-0.39, 0.29) is 18.1 Å². The van der Waals surface area contributed by atoms with E-state index < -0.39 is 0 Å². The summed E-state index contributed by atoms with van der Waals surface area (Å²) in [6.07, 6.45) is 0.120. The molecular weight excluding hydrogens is 325 g/mol. The summed E-state index contributed by atoms with van der Waals surface area (Å²) in [6, 6.07) is 9.35. The van der Waals surface area contributed by atoms with Crippen LogP contribution in [0.5, 0.6) is 17.2 Å². The molecule has 0 aromatic heterocycles. The minimum atomic E-state index is -0.339. The number of nitrogens with zero attached hydrogens (tertiary/aromatic N) is 1. The molecule has 0 saturated carbocycles. The molecule has 1 amide bonds. The third kappa shape index (κ3) is 4.02. The van der Waals surface area contributed by atoms with Crippen molar-refractivity contribution in [3.8, 4) is 17.2 Å². The number of ether oxygens (including phenoxy) is 3. The van der Waals surface area contributed by atoms with Crippen molar-refractivity contribution in [1.82, 2.24) is 0 Å². The maximum absolute atomic E-state index is 13.1. The molecular formula is C19H22FNO4. The second-order valence-electron chi connectivity index (χ2n) is 5.28. The van der Waals surface area contributed by atoms with Crippen LogP contribution in [0.2, 0.25) is 0 Å². The predicted molar refractivity (Wildman–Crippen MR) is 94.2 cm³/mol. The summed E-state index contributed by atoms with van der Waals surface area (Å²) < 4.78 is 29.1. The van der Waals surface area contributed by atoms with E-state index in [1.807, 2.05) is 6.92 Å². The van der Waals surface area contributed by atoms with Crippen molar-refractivity contribution >= 4 is 11.6 Å². The van der Waals surface area contributed by atoms with Crippen LogP contribution in [0.15, 0.2) is 36.4 Å². The molecule has 2 rings (SSSR count). The topological polar surface area (TPSA) is 48.0 Å². The zero-order valence-electron chi connectivity index (χ0n) is 14.8. The van der Waals surface area contributed by atoms with E-state index in [0.29, 0.717) is 35.0 Å². The van der Waals surface area contributed by atoms with E-state index in [1.165, 1.54) is 33.5 Å².